The van der Waals surface area contributed by atoms with Gasteiger partial charge in [-0.3, -0.25) is 4.79 Å². The number of hydrogen-bond donors (Lipinski definition) is 0. The topological polar surface area (TPSA) is 40.9 Å². The van der Waals surface area contributed by atoms with Crippen molar-refractivity contribution in [3.8, 4) is 6.07 Å². The smallest absolute Gasteiger partial charge is 0.150 e. The van der Waals surface area contributed by atoms with Gasteiger partial charge in [-0.1, -0.05) is 24.3 Å². The number of aldehydes is 1. The molecule has 0 unspecified atom stereocenters. The normalized spacial score (nSPS) is 9.64. The maximum atomic E-state index is 10.7. The number of rotatable bonds is 1. The Bertz CT molecular complexity index is 538. The maximum absolute atomic E-state index is 10.7. The zero-order chi connectivity index (χ0) is 9.97. The first-order valence-electron chi connectivity index (χ1n) is 4.23. The highest BCUT2D eigenvalue weighted by Crippen LogP contribution is 2.18. The highest BCUT2D eigenvalue weighted by molar-refractivity contribution is 5.98. The second kappa shape index (κ2) is 3.31. The SMILES string of the molecule is N#Cc1ccc2c(C=O)cccc2c1. The molecule has 0 bridgehead atoms. The number of benzene rings is 2. The Morgan fingerprint density at radius 3 is 2.79 bits per heavy atom. The molecule has 0 aromatic heterocycles. The predicted molar refractivity (Wildman–Crippen MR) is 54.1 cm³/mol. The second-order valence-electron chi connectivity index (χ2n) is 3.01. The summed E-state index contributed by atoms with van der Waals surface area (Å²) in [6.45, 7) is 0. The lowest BCUT2D eigenvalue weighted by molar-refractivity contribution is 0.112. The number of fused-ring (bicyclic) bond motifs is 1. The fraction of sp³-hybridized carbons (Fsp3) is 0. The summed E-state index contributed by atoms with van der Waals surface area (Å²) in [6.07, 6.45) is 0.828. The Kier molecular flexibility index (Phi) is 2.00. The molecule has 0 atom stereocenters. The molecule has 0 aliphatic heterocycles. The van der Waals surface area contributed by atoms with Crippen LogP contribution in [0.15, 0.2) is 36.4 Å². The van der Waals surface area contributed by atoms with E-state index in [1.807, 2.05) is 12.1 Å². The lowest BCUT2D eigenvalue weighted by atomic mass is 10.0. The molecule has 14 heavy (non-hydrogen) atoms. The standard InChI is InChI=1S/C12H7NO/c13-7-9-4-5-12-10(6-9)2-1-3-11(12)8-14/h1-6,8H. The van der Waals surface area contributed by atoms with Gasteiger partial charge in [0, 0.05) is 5.56 Å². The zero-order valence-corrected chi connectivity index (χ0v) is 7.40. The van der Waals surface area contributed by atoms with Gasteiger partial charge >= 0.3 is 0 Å². The van der Waals surface area contributed by atoms with Crippen molar-refractivity contribution in [3.63, 3.8) is 0 Å². The first-order valence-corrected chi connectivity index (χ1v) is 4.23. The third kappa shape index (κ3) is 1.25. The molecule has 2 aromatic rings. The third-order valence-electron chi connectivity index (χ3n) is 2.17. The van der Waals surface area contributed by atoms with E-state index in [1.165, 1.54) is 0 Å². The molecule has 0 N–H and O–H groups in total. The summed E-state index contributed by atoms with van der Waals surface area (Å²) in [5.41, 5.74) is 1.27. The van der Waals surface area contributed by atoms with Crippen molar-refractivity contribution in [3.05, 3.63) is 47.5 Å². The average molecular weight is 181 g/mol. The summed E-state index contributed by atoms with van der Waals surface area (Å²) < 4.78 is 0. The van der Waals surface area contributed by atoms with E-state index in [0.29, 0.717) is 11.1 Å². The molecule has 0 saturated carbocycles. The Hall–Kier alpha value is -2.14. The van der Waals surface area contributed by atoms with E-state index in [-0.39, 0.29) is 0 Å². The highest BCUT2D eigenvalue weighted by Gasteiger charge is 1.99. The van der Waals surface area contributed by atoms with E-state index >= 15 is 0 Å². The maximum Gasteiger partial charge on any atom is 0.150 e. The van der Waals surface area contributed by atoms with Crippen LogP contribution in [0.5, 0.6) is 0 Å². The lowest BCUT2D eigenvalue weighted by Crippen LogP contribution is -1.83. The minimum atomic E-state index is 0.612. The molecule has 0 heterocycles. The van der Waals surface area contributed by atoms with Crippen molar-refractivity contribution >= 4 is 17.1 Å². The van der Waals surface area contributed by atoms with Gasteiger partial charge in [-0.15, -0.1) is 0 Å². The summed E-state index contributed by atoms with van der Waals surface area (Å²) in [7, 11) is 0. The van der Waals surface area contributed by atoms with Gasteiger partial charge in [0.05, 0.1) is 11.6 Å². The molecule has 2 nitrogen and oxygen atoms in total. The van der Waals surface area contributed by atoms with Crippen molar-refractivity contribution in [2.24, 2.45) is 0 Å². The average Bonchev–Trinajstić information content (AvgIpc) is 2.27. The van der Waals surface area contributed by atoms with Gasteiger partial charge in [0.15, 0.2) is 6.29 Å². The van der Waals surface area contributed by atoms with E-state index in [4.69, 9.17) is 5.26 Å². The Morgan fingerprint density at radius 1 is 1.21 bits per heavy atom. The van der Waals surface area contributed by atoms with Crippen molar-refractivity contribution in [1.82, 2.24) is 0 Å². The van der Waals surface area contributed by atoms with Crippen LogP contribution in [-0.4, -0.2) is 6.29 Å². The Labute approximate surface area is 81.4 Å². The first kappa shape index (κ1) is 8.46. The Morgan fingerprint density at radius 2 is 2.07 bits per heavy atom. The summed E-state index contributed by atoms with van der Waals surface area (Å²) in [5.74, 6) is 0. The summed E-state index contributed by atoms with van der Waals surface area (Å²) in [5, 5.41) is 10.5. The van der Waals surface area contributed by atoms with Crippen LogP contribution in [0.3, 0.4) is 0 Å². The molecule has 0 amide bonds. The zero-order valence-electron chi connectivity index (χ0n) is 7.40. The molecule has 2 aromatic carbocycles. The minimum Gasteiger partial charge on any atom is -0.298 e. The monoisotopic (exact) mass is 181 g/mol. The molecule has 0 spiro atoms. The Balaban J connectivity index is 2.81. The van der Waals surface area contributed by atoms with Gasteiger partial charge in [-0.2, -0.15) is 5.26 Å². The van der Waals surface area contributed by atoms with Crippen molar-refractivity contribution in [2.45, 2.75) is 0 Å². The van der Waals surface area contributed by atoms with Gasteiger partial charge in [-0.25, -0.2) is 0 Å². The molecule has 0 aliphatic carbocycles. The number of nitrogens with zero attached hydrogens (tertiary/aromatic N) is 1. The van der Waals surface area contributed by atoms with Crippen LogP contribution in [0.2, 0.25) is 0 Å². The van der Waals surface area contributed by atoms with Gasteiger partial charge in [-0.05, 0) is 22.9 Å². The fourth-order valence-electron chi connectivity index (χ4n) is 1.48. The predicted octanol–water partition coefficient (Wildman–Crippen LogP) is 2.52. The van der Waals surface area contributed by atoms with Crippen molar-refractivity contribution < 1.29 is 4.79 Å². The van der Waals surface area contributed by atoms with E-state index in [1.54, 1.807) is 24.3 Å². The molecular formula is C12H7NO. The summed E-state index contributed by atoms with van der Waals surface area (Å²) in [4.78, 5) is 10.7. The third-order valence-corrected chi connectivity index (χ3v) is 2.17. The minimum absolute atomic E-state index is 0.612. The molecule has 0 aliphatic rings. The van der Waals surface area contributed by atoms with E-state index in [9.17, 15) is 4.79 Å². The largest absolute Gasteiger partial charge is 0.298 e. The van der Waals surface area contributed by atoms with Crippen LogP contribution in [-0.2, 0) is 0 Å². The molecule has 2 heteroatoms. The van der Waals surface area contributed by atoms with Crippen LogP contribution < -0.4 is 0 Å². The van der Waals surface area contributed by atoms with E-state index in [2.05, 4.69) is 6.07 Å². The van der Waals surface area contributed by atoms with E-state index < -0.39 is 0 Å². The summed E-state index contributed by atoms with van der Waals surface area (Å²) in [6, 6.07) is 12.8. The van der Waals surface area contributed by atoms with Crippen LogP contribution >= 0.6 is 0 Å². The number of carbonyl (C=O) groups is 1. The molecule has 2 rings (SSSR count). The first-order chi connectivity index (χ1) is 6.85. The molecular weight excluding hydrogens is 174 g/mol. The van der Waals surface area contributed by atoms with Gasteiger partial charge in [0.2, 0.25) is 0 Å². The van der Waals surface area contributed by atoms with Crippen molar-refractivity contribution in [1.29, 1.82) is 5.26 Å². The molecule has 0 fully saturated rings. The lowest BCUT2D eigenvalue weighted by Gasteiger charge is -2.00. The summed E-state index contributed by atoms with van der Waals surface area (Å²) >= 11 is 0. The number of carbonyl (C=O) groups excluding carboxylic acids is 1. The molecule has 66 valence electrons. The van der Waals surface area contributed by atoms with Crippen LogP contribution in [0.4, 0.5) is 0 Å². The number of hydrogen-bond acceptors (Lipinski definition) is 2. The molecule has 0 radical (unpaired) electrons. The van der Waals surface area contributed by atoms with Crippen LogP contribution in [0.25, 0.3) is 10.8 Å². The van der Waals surface area contributed by atoms with Crippen molar-refractivity contribution in [2.75, 3.05) is 0 Å². The van der Waals surface area contributed by atoms with Crippen LogP contribution in [0.1, 0.15) is 15.9 Å². The van der Waals surface area contributed by atoms with Gasteiger partial charge in [0.25, 0.3) is 0 Å². The molecule has 0 saturated heterocycles. The second-order valence-corrected chi connectivity index (χ2v) is 3.01. The van der Waals surface area contributed by atoms with Gasteiger partial charge in [0.1, 0.15) is 0 Å². The number of nitriles is 1. The van der Waals surface area contributed by atoms with Crippen LogP contribution in [0, 0.1) is 11.3 Å². The highest BCUT2D eigenvalue weighted by atomic mass is 16.1. The van der Waals surface area contributed by atoms with E-state index in [0.717, 1.165) is 17.1 Å². The van der Waals surface area contributed by atoms with Gasteiger partial charge < -0.3 is 0 Å². The quantitative estimate of drug-likeness (QED) is 0.634. The fourth-order valence-corrected chi connectivity index (χ4v) is 1.48.